The van der Waals surface area contributed by atoms with Crippen molar-refractivity contribution < 1.29 is 9.53 Å². The molecule has 5 rings (SSSR count). The van der Waals surface area contributed by atoms with Crippen molar-refractivity contribution in [1.82, 2.24) is 15.5 Å². The summed E-state index contributed by atoms with van der Waals surface area (Å²) in [7, 11) is 0. The number of fused-ring (bicyclic) bond motifs is 1. The highest BCUT2D eigenvalue weighted by Crippen LogP contribution is 2.30. The summed E-state index contributed by atoms with van der Waals surface area (Å²) in [5, 5.41) is 11.5. The van der Waals surface area contributed by atoms with Gasteiger partial charge in [-0.05, 0) is 54.7 Å². The van der Waals surface area contributed by atoms with Gasteiger partial charge in [-0.2, -0.15) is 5.10 Å². The van der Waals surface area contributed by atoms with Gasteiger partial charge in [0.2, 0.25) is 0 Å². The Morgan fingerprint density at radius 3 is 2.73 bits per heavy atom. The minimum Gasteiger partial charge on any atom is -0.489 e. The third-order valence-corrected chi connectivity index (χ3v) is 5.43. The number of aromatic amines is 1. The lowest BCUT2D eigenvalue weighted by molar-refractivity contribution is 0.0952. The summed E-state index contributed by atoms with van der Waals surface area (Å²) in [5.74, 6) is 1.41. The molecule has 30 heavy (non-hydrogen) atoms. The minimum atomic E-state index is -0.0316. The fourth-order valence-corrected chi connectivity index (χ4v) is 3.51. The lowest BCUT2D eigenvalue weighted by Gasteiger charge is -2.08. The highest BCUT2D eigenvalue weighted by molar-refractivity contribution is 6.01. The van der Waals surface area contributed by atoms with Gasteiger partial charge < -0.3 is 10.1 Å². The predicted octanol–water partition coefficient (Wildman–Crippen LogP) is 4.95. The van der Waals surface area contributed by atoms with E-state index in [2.05, 4.69) is 15.5 Å². The van der Waals surface area contributed by atoms with Gasteiger partial charge in [0.1, 0.15) is 18.1 Å². The molecule has 1 amide bonds. The summed E-state index contributed by atoms with van der Waals surface area (Å²) in [4.78, 5) is 12.5. The highest BCUT2D eigenvalue weighted by atomic mass is 16.5. The van der Waals surface area contributed by atoms with Gasteiger partial charge in [0.15, 0.2) is 0 Å². The number of hydrogen-bond acceptors (Lipinski definition) is 3. The average Bonchev–Trinajstić information content (AvgIpc) is 3.53. The number of carbonyl (C=O) groups is 1. The number of hydrogen-bond donors (Lipinski definition) is 2. The van der Waals surface area contributed by atoms with E-state index < -0.39 is 0 Å². The second kappa shape index (κ2) is 8.03. The number of ether oxygens (including phenoxy) is 1. The molecule has 0 aliphatic heterocycles. The Kier molecular flexibility index (Phi) is 4.93. The largest absolute Gasteiger partial charge is 0.489 e. The van der Waals surface area contributed by atoms with Crippen LogP contribution in [0.25, 0.3) is 22.2 Å². The molecule has 1 aliphatic rings. The quantitative estimate of drug-likeness (QED) is 0.464. The van der Waals surface area contributed by atoms with E-state index in [-0.39, 0.29) is 5.91 Å². The monoisotopic (exact) mass is 397 g/mol. The van der Waals surface area contributed by atoms with Crippen LogP contribution in [0, 0.1) is 5.92 Å². The second-order valence-electron chi connectivity index (χ2n) is 7.79. The van der Waals surface area contributed by atoms with Crippen LogP contribution < -0.4 is 10.1 Å². The fraction of sp³-hybridized carbons (Fsp3) is 0.200. The molecule has 0 radical (unpaired) electrons. The van der Waals surface area contributed by atoms with E-state index in [0.717, 1.165) is 40.0 Å². The summed E-state index contributed by atoms with van der Waals surface area (Å²) < 4.78 is 5.96. The molecule has 1 aromatic heterocycles. The van der Waals surface area contributed by atoms with Crippen molar-refractivity contribution in [2.45, 2.75) is 19.4 Å². The summed E-state index contributed by atoms with van der Waals surface area (Å²) >= 11 is 0. The standard InChI is InChI=1S/C25H23N3O2/c29-25(26-15-17-9-10-17)20-11-12-23-22(14-20)24(28-27-23)19-7-4-8-21(13-19)30-16-18-5-2-1-3-6-18/h1-8,11-14,17H,9-10,15-16H2,(H,26,29)(H,27,28). The van der Waals surface area contributed by atoms with Crippen LogP contribution in [0.1, 0.15) is 28.8 Å². The van der Waals surface area contributed by atoms with Gasteiger partial charge in [0.05, 0.1) is 5.52 Å². The molecule has 0 bridgehead atoms. The summed E-state index contributed by atoms with van der Waals surface area (Å²) in [6.07, 6.45) is 2.43. The van der Waals surface area contributed by atoms with Crippen molar-refractivity contribution in [3.05, 3.63) is 83.9 Å². The zero-order valence-corrected chi connectivity index (χ0v) is 16.6. The fourth-order valence-electron chi connectivity index (χ4n) is 3.51. The van der Waals surface area contributed by atoms with Gasteiger partial charge in [-0.15, -0.1) is 0 Å². The molecule has 1 aliphatic carbocycles. The number of H-pyrrole nitrogens is 1. The number of aromatic nitrogens is 2. The molecule has 1 heterocycles. The average molecular weight is 397 g/mol. The third-order valence-electron chi connectivity index (χ3n) is 5.43. The molecule has 4 aromatic rings. The second-order valence-corrected chi connectivity index (χ2v) is 7.79. The molecular formula is C25H23N3O2. The Morgan fingerprint density at radius 1 is 1.03 bits per heavy atom. The first-order chi connectivity index (χ1) is 14.8. The van der Waals surface area contributed by atoms with E-state index in [4.69, 9.17) is 4.74 Å². The van der Waals surface area contributed by atoms with Crippen molar-refractivity contribution >= 4 is 16.8 Å². The number of nitrogens with zero attached hydrogens (tertiary/aromatic N) is 1. The molecule has 0 atom stereocenters. The first-order valence-electron chi connectivity index (χ1n) is 10.3. The summed E-state index contributed by atoms with van der Waals surface area (Å²) in [5.41, 5.74) is 4.44. The van der Waals surface area contributed by atoms with Crippen LogP contribution in [0.15, 0.2) is 72.8 Å². The molecule has 2 N–H and O–H groups in total. The van der Waals surface area contributed by atoms with Crippen molar-refractivity contribution in [2.24, 2.45) is 5.92 Å². The number of nitrogens with one attached hydrogen (secondary N) is 2. The zero-order valence-electron chi connectivity index (χ0n) is 16.6. The number of benzene rings is 3. The minimum absolute atomic E-state index is 0.0316. The smallest absolute Gasteiger partial charge is 0.251 e. The number of amides is 1. The molecule has 1 saturated carbocycles. The molecule has 5 nitrogen and oxygen atoms in total. The van der Waals surface area contributed by atoms with Crippen molar-refractivity contribution in [3.8, 4) is 17.0 Å². The van der Waals surface area contributed by atoms with E-state index in [0.29, 0.717) is 18.1 Å². The Morgan fingerprint density at radius 2 is 1.90 bits per heavy atom. The SMILES string of the molecule is O=C(NCC1CC1)c1ccc2[nH]nc(-c3cccc(OCc4ccccc4)c3)c2c1. The topological polar surface area (TPSA) is 67.0 Å². The van der Waals surface area contributed by atoms with Crippen LogP contribution in [-0.2, 0) is 6.61 Å². The molecule has 0 spiro atoms. The van der Waals surface area contributed by atoms with Crippen LogP contribution in [0.5, 0.6) is 5.75 Å². The van der Waals surface area contributed by atoms with Crippen molar-refractivity contribution in [2.75, 3.05) is 6.54 Å². The lowest BCUT2D eigenvalue weighted by atomic mass is 10.0. The normalized spacial score (nSPS) is 13.3. The highest BCUT2D eigenvalue weighted by Gasteiger charge is 2.22. The van der Waals surface area contributed by atoms with E-state index in [1.165, 1.54) is 12.8 Å². The van der Waals surface area contributed by atoms with E-state index in [1.807, 2.05) is 72.8 Å². The van der Waals surface area contributed by atoms with Crippen LogP contribution in [0.2, 0.25) is 0 Å². The Balaban J connectivity index is 1.38. The maximum Gasteiger partial charge on any atom is 0.251 e. The van der Waals surface area contributed by atoms with E-state index in [1.54, 1.807) is 0 Å². The maximum absolute atomic E-state index is 12.5. The van der Waals surface area contributed by atoms with Crippen LogP contribution >= 0.6 is 0 Å². The first-order valence-corrected chi connectivity index (χ1v) is 10.3. The van der Waals surface area contributed by atoms with E-state index in [9.17, 15) is 4.79 Å². The Hall–Kier alpha value is -3.60. The zero-order chi connectivity index (χ0) is 20.3. The first kappa shape index (κ1) is 18.4. The maximum atomic E-state index is 12.5. The molecule has 1 fully saturated rings. The third kappa shape index (κ3) is 4.06. The van der Waals surface area contributed by atoms with Crippen LogP contribution in [-0.4, -0.2) is 22.6 Å². The molecule has 0 unspecified atom stereocenters. The number of rotatable bonds is 7. The van der Waals surface area contributed by atoms with Gasteiger partial charge in [-0.3, -0.25) is 9.89 Å². The van der Waals surface area contributed by atoms with Gasteiger partial charge >= 0.3 is 0 Å². The van der Waals surface area contributed by atoms with Gasteiger partial charge in [0.25, 0.3) is 5.91 Å². The van der Waals surface area contributed by atoms with Crippen molar-refractivity contribution in [3.63, 3.8) is 0 Å². The summed E-state index contributed by atoms with van der Waals surface area (Å²) in [6, 6.07) is 23.6. The molecule has 0 saturated heterocycles. The Bertz CT molecular complexity index is 1180. The predicted molar refractivity (Wildman–Crippen MR) is 117 cm³/mol. The lowest BCUT2D eigenvalue weighted by Crippen LogP contribution is -2.25. The van der Waals surface area contributed by atoms with Gasteiger partial charge in [0, 0.05) is 23.1 Å². The van der Waals surface area contributed by atoms with E-state index >= 15 is 0 Å². The van der Waals surface area contributed by atoms with Gasteiger partial charge in [-0.25, -0.2) is 0 Å². The summed E-state index contributed by atoms with van der Waals surface area (Å²) in [6.45, 7) is 1.27. The van der Waals surface area contributed by atoms with Gasteiger partial charge in [-0.1, -0.05) is 42.5 Å². The molecule has 150 valence electrons. The molecular weight excluding hydrogens is 374 g/mol. The van der Waals surface area contributed by atoms with Crippen LogP contribution in [0.3, 0.4) is 0 Å². The number of carbonyl (C=O) groups excluding carboxylic acids is 1. The van der Waals surface area contributed by atoms with Crippen molar-refractivity contribution in [1.29, 1.82) is 0 Å². The Labute approximate surface area is 175 Å². The van der Waals surface area contributed by atoms with Crippen LogP contribution in [0.4, 0.5) is 0 Å². The molecule has 5 heteroatoms. The molecule has 3 aromatic carbocycles.